The molecule has 3 heteroatoms. The molecule has 3 nitrogen and oxygen atoms in total. The van der Waals surface area contributed by atoms with E-state index in [2.05, 4.69) is 42.9 Å². The maximum absolute atomic E-state index is 3.77. The van der Waals surface area contributed by atoms with Crippen LogP contribution < -0.4 is 5.32 Å². The molecule has 1 N–H and O–H groups in total. The van der Waals surface area contributed by atoms with E-state index in [1.807, 2.05) is 0 Å². The SMILES string of the molecule is CCNC1CC(C)CC(C)C1CN1CCCN(C)CC1. The second-order valence-electron chi connectivity index (χ2n) is 7.34. The monoisotopic (exact) mass is 281 g/mol. The summed E-state index contributed by atoms with van der Waals surface area (Å²) in [4.78, 5) is 5.21. The van der Waals surface area contributed by atoms with Gasteiger partial charge in [-0.2, -0.15) is 0 Å². The molecule has 2 fully saturated rings. The Kier molecular flexibility index (Phi) is 6.31. The number of hydrogen-bond acceptors (Lipinski definition) is 3. The third-order valence-corrected chi connectivity index (χ3v) is 5.43. The average Bonchev–Trinajstić information content (AvgIpc) is 2.59. The van der Waals surface area contributed by atoms with Crippen LogP contribution in [0.15, 0.2) is 0 Å². The summed E-state index contributed by atoms with van der Waals surface area (Å²) in [6, 6.07) is 0.736. The van der Waals surface area contributed by atoms with Crippen LogP contribution in [0, 0.1) is 17.8 Å². The first-order chi connectivity index (χ1) is 9.60. The maximum atomic E-state index is 3.77. The van der Waals surface area contributed by atoms with Crippen LogP contribution >= 0.6 is 0 Å². The van der Waals surface area contributed by atoms with Gasteiger partial charge in [-0.05, 0) is 63.7 Å². The minimum Gasteiger partial charge on any atom is -0.314 e. The van der Waals surface area contributed by atoms with Crippen molar-refractivity contribution in [1.82, 2.24) is 15.1 Å². The Morgan fingerprint density at radius 1 is 1.05 bits per heavy atom. The molecule has 0 bridgehead atoms. The normalized spacial score (nSPS) is 37.8. The number of nitrogens with zero attached hydrogens (tertiary/aromatic N) is 2. The summed E-state index contributed by atoms with van der Waals surface area (Å²) in [5.41, 5.74) is 0. The van der Waals surface area contributed by atoms with Crippen molar-refractivity contribution < 1.29 is 0 Å². The summed E-state index contributed by atoms with van der Waals surface area (Å²) in [6.45, 7) is 14.6. The van der Waals surface area contributed by atoms with Crippen LogP contribution in [0.5, 0.6) is 0 Å². The number of rotatable bonds is 4. The summed E-state index contributed by atoms with van der Waals surface area (Å²) in [7, 11) is 2.26. The van der Waals surface area contributed by atoms with Gasteiger partial charge < -0.3 is 15.1 Å². The smallest absolute Gasteiger partial charge is 0.0112 e. The quantitative estimate of drug-likeness (QED) is 0.853. The van der Waals surface area contributed by atoms with Gasteiger partial charge in [0.2, 0.25) is 0 Å². The van der Waals surface area contributed by atoms with E-state index < -0.39 is 0 Å². The van der Waals surface area contributed by atoms with Gasteiger partial charge >= 0.3 is 0 Å². The topological polar surface area (TPSA) is 18.5 Å². The predicted octanol–water partition coefficient (Wildman–Crippen LogP) is 2.28. The second-order valence-corrected chi connectivity index (χ2v) is 7.34. The van der Waals surface area contributed by atoms with Gasteiger partial charge in [0.1, 0.15) is 0 Å². The van der Waals surface area contributed by atoms with Crippen molar-refractivity contribution >= 4 is 0 Å². The Balaban J connectivity index is 1.93. The zero-order valence-electron chi connectivity index (χ0n) is 14.1. The van der Waals surface area contributed by atoms with Crippen LogP contribution in [0.2, 0.25) is 0 Å². The Hall–Kier alpha value is -0.120. The Bertz CT molecular complexity index is 281. The number of likely N-dealkylation sites (N-methyl/N-ethyl adjacent to an activating group) is 1. The molecule has 2 aliphatic rings. The summed E-state index contributed by atoms with van der Waals surface area (Å²) in [6.07, 6.45) is 4.12. The van der Waals surface area contributed by atoms with Gasteiger partial charge in [-0.15, -0.1) is 0 Å². The lowest BCUT2D eigenvalue weighted by Crippen LogP contribution is -2.49. The van der Waals surface area contributed by atoms with E-state index in [1.54, 1.807) is 0 Å². The molecule has 118 valence electrons. The van der Waals surface area contributed by atoms with Gasteiger partial charge in [0.05, 0.1) is 0 Å². The van der Waals surface area contributed by atoms with E-state index in [-0.39, 0.29) is 0 Å². The molecule has 1 saturated carbocycles. The van der Waals surface area contributed by atoms with Crippen LogP contribution in [-0.4, -0.2) is 62.2 Å². The van der Waals surface area contributed by atoms with Crippen molar-refractivity contribution in [3.05, 3.63) is 0 Å². The predicted molar refractivity (Wildman–Crippen MR) is 87.1 cm³/mol. The zero-order chi connectivity index (χ0) is 14.5. The molecule has 1 aliphatic heterocycles. The summed E-state index contributed by atoms with van der Waals surface area (Å²) in [5.74, 6) is 2.60. The van der Waals surface area contributed by atoms with Gasteiger partial charge in [0.15, 0.2) is 0 Å². The molecular weight excluding hydrogens is 246 g/mol. The van der Waals surface area contributed by atoms with E-state index in [0.29, 0.717) is 0 Å². The summed E-state index contributed by atoms with van der Waals surface area (Å²) >= 11 is 0. The third-order valence-electron chi connectivity index (χ3n) is 5.43. The summed E-state index contributed by atoms with van der Waals surface area (Å²) < 4.78 is 0. The van der Waals surface area contributed by atoms with E-state index in [0.717, 1.165) is 30.3 Å². The highest BCUT2D eigenvalue weighted by Crippen LogP contribution is 2.34. The van der Waals surface area contributed by atoms with Gasteiger partial charge in [0, 0.05) is 25.7 Å². The Labute approximate surface area is 126 Å². The van der Waals surface area contributed by atoms with Crippen LogP contribution in [0.25, 0.3) is 0 Å². The van der Waals surface area contributed by atoms with Crippen LogP contribution in [-0.2, 0) is 0 Å². The largest absolute Gasteiger partial charge is 0.314 e. The molecule has 1 aliphatic carbocycles. The lowest BCUT2D eigenvalue weighted by molar-refractivity contribution is 0.103. The van der Waals surface area contributed by atoms with Gasteiger partial charge in [0.25, 0.3) is 0 Å². The first-order valence-electron chi connectivity index (χ1n) is 8.74. The maximum Gasteiger partial charge on any atom is 0.0112 e. The van der Waals surface area contributed by atoms with E-state index in [4.69, 9.17) is 0 Å². The fourth-order valence-electron chi connectivity index (χ4n) is 4.30. The lowest BCUT2D eigenvalue weighted by atomic mass is 9.72. The molecule has 1 saturated heterocycles. The van der Waals surface area contributed by atoms with Gasteiger partial charge in [-0.3, -0.25) is 0 Å². The van der Waals surface area contributed by atoms with Crippen molar-refractivity contribution in [3.8, 4) is 0 Å². The standard InChI is InChI=1S/C17H35N3/c1-5-18-17-12-14(2)11-15(3)16(17)13-20-8-6-7-19(4)9-10-20/h14-18H,5-13H2,1-4H3. The van der Waals surface area contributed by atoms with E-state index in [9.17, 15) is 0 Å². The van der Waals surface area contributed by atoms with Gasteiger partial charge in [-0.25, -0.2) is 0 Å². The van der Waals surface area contributed by atoms with Crippen LogP contribution in [0.3, 0.4) is 0 Å². The molecule has 0 amide bonds. The molecule has 4 atom stereocenters. The zero-order valence-corrected chi connectivity index (χ0v) is 14.1. The molecule has 0 radical (unpaired) electrons. The van der Waals surface area contributed by atoms with Gasteiger partial charge in [-0.1, -0.05) is 20.8 Å². The fourth-order valence-corrected chi connectivity index (χ4v) is 4.30. The molecule has 1 heterocycles. The van der Waals surface area contributed by atoms with Crippen LogP contribution in [0.1, 0.15) is 40.0 Å². The minimum absolute atomic E-state index is 0.736. The molecule has 0 aromatic heterocycles. The van der Waals surface area contributed by atoms with E-state index >= 15 is 0 Å². The average molecular weight is 281 g/mol. The van der Waals surface area contributed by atoms with Crippen molar-refractivity contribution in [1.29, 1.82) is 0 Å². The van der Waals surface area contributed by atoms with Crippen molar-refractivity contribution in [2.24, 2.45) is 17.8 Å². The van der Waals surface area contributed by atoms with Crippen molar-refractivity contribution in [2.45, 2.75) is 46.1 Å². The Morgan fingerprint density at radius 3 is 2.60 bits per heavy atom. The first-order valence-corrected chi connectivity index (χ1v) is 8.74. The summed E-state index contributed by atoms with van der Waals surface area (Å²) in [5, 5.41) is 3.77. The molecule has 2 rings (SSSR count). The Morgan fingerprint density at radius 2 is 1.85 bits per heavy atom. The fraction of sp³-hybridized carbons (Fsp3) is 1.00. The van der Waals surface area contributed by atoms with Crippen molar-refractivity contribution in [2.75, 3.05) is 46.3 Å². The molecule has 0 aromatic carbocycles. The second kappa shape index (κ2) is 7.77. The molecule has 4 unspecified atom stereocenters. The molecular formula is C17H35N3. The number of hydrogen-bond donors (Lipinski definition) is 1. The molecule has 0 spiro atoms. The number of nitrogens with one attached hydrogen (secondary N) is 1. The first kappa shape index (κ1) is 16.3. The highest BCUT2D eigenvalue weighted by atomic mass is 15.2. The molecule has 20 heavy (non-hydrogen) atoms. The minimum atomic E-state index is 0.736. The highest BCUT2D eigenvalue weighted by Gasteiger charge is 2.34. The highest BCUT2D eigenvalue weighted by molar-refractivity contribution is 4.89. The van der Waals surface area contributed by atoms with Crippen LogP contribution in [0.4, 0.5) is 0 Å². The van der Waals surface area contributed by atoms with E-state index in [1.165, 1.54) is 52.0 Å². The van der Waals surface area contributed by atoms with Crippen molar-refractivity contribution in [3.63, 3.8) is 0 Å². The molecule has 0 aromatic rings. The third kappa shape index (κ3) is 4.44. The lowest BCUT2D eigenvalue weighted by Gasteiger charge is -2.42.